The Bertz CT molecular complexity index is 609. The Labute approximate surface area is 149 Å². The molecule has 25 heavy (non-hydrogen) atoms. The smallest absolute Gasteiger partial charge is 0.319 e. The standard InChI is InChI=1S/C18H29N5O2/c1-4-22-9-11-23(12-10-22)15-8-6-5-7-14(15)21-17(25)20-13-18(2,3)16(19)24/h5-8H,4,9-13H2,1-3H3,(H2,19,24)(H2,20,21,25). The van der Waals surface area contributed by atoms with Gasteiger partial charge >= 0.3 is 6.03 Å². The van der Waals surface area contributed by atoms with E-state index in [2.05, 4.69) is 27.4 Å². The average molecular weight is 347 g/mol. The number of rotatable bonds is 6. The van der Waals surface area contributed by atoms with Crippen molar-refractivity contribution in [3.05, 3.63) is 24.3 Å². The predicted octanol–water partition coefficient (Wildman–Crippen LogP) is 1.46. The second-order valence-electron chi connectivity index (χ2n) is 6.99. The summed E-state index contributed by atoms with van der Waals surface area (Å²) in [7, 11) is 0. The number of carbonyl (C=O) groups excluding carboxylic acids is 2. The molecule has 0 bridgehead atoms. The van der Waals surface area contributed by atoms with Crippen LogP contribution in [-0.4, -0.2) is 56.1 Å². The van der Waals surface area contributed by atoms with Crippen LogP contribution in [0.2, 0.25) is 0 Å². The van der Waals surface area contributed by atoms with Gasteiger partial charge in [-0.2, -0.15) is 0 Å². The number of para-hydroxylation sites is 2. The molecule has 4 N–H and O–H groups in total. The van der Waals surface area contributed by atoms with Gasteiger partial charge in [-0.15, -0.1) is 0 Å². The molecular formula is C18H29N5O2. The number of urea groups is 1. The van der Waals surface area contributed by atoms with Crippen molar-refractivity contribution in [2.75, 3.05) is 49.5 Å². The molecule has 0 aliphatic carbocycles. The van der Waals surface area contributed by atoms with E-state index in [1.54, 1.807) is 13.8 Å². The van der Waals surface area contributed by atoms with Gasteiger partial charge in [-0.1, -0.05) is 19.1 Å². The van der Waals surface area contributed by atoms with Crippen molar-refractivity contribution in [2.45, 2.75) is 20.8 Å². The number of primary amides is 1. The van der Waals surface area contributed by atoms with Crippen LogP contribution in [0.5, 0.6) is 0 Å². The lowest BCUT2D eigenvalue weighted by Gasteiger charge is -2.36. The van der Waals surface area contributed by atoms with Crippen molar-refractivity contribution < 1.29 is 9.59 Å². The number of likely N-dealkylation sites (N-methyl/N-ethyl adjacent to an activating group) is 1. The number of carbonyl (C=O) groups is 2. The van der Waals surface area contributed by atoms with E-state index in [-0.39, 0.29) is 12.6 Å². The maximum Gasteiger partial charge on any atom is 0.319 e. The summed E-state index contributed by atoms with van der Waals surface area (Å²) in [6.07, 6.45) is 0. The predicted molar refractivity (Wildman–Crippen MR) is 101 cm³/mol. The summed E-state index contributed by atoms with van der Waals surface area (Å²) in [6, 6.07) is 7.44. The molecule has 0 atom stereocenters. The lowest BCUT2D eigenvalue weighted by atomic mass is 9.93. The molecule has 0 spiro atoms. The number of nitrogens with one attached hydrogen (secondary N) is 2. The van der Waals surface area contributed by atoms with Gasteiger partial charge in [0, 0.05) is 32.7 Å². The van der Waals surface area contributed by atoms with Crippen LogP contribution >= 0.6 is 0 Å². The SMILES string of the molecule is CCN1CCN(c2ccccc2NC(=O)NCC(C)(C)C(N)=O)CC1. The van der Waals surface area contributed by atoms with Crippen LogP contribution < -0.4 is 21.3 Å². The summed E-state index contributed by atoms with van der Waals surface area (Å²) >= 11 is 0. The Morgan fingerprint density at radius 1 is 1.16 bits per heavy atom. The highest BCUT2D eigenvalue weighted by Crippen LogP contribution is 2.26. The number of nitrogens with two attached hydrogens (primary N) is 1. The Balaban J connectivity index is 1.98. The minimum Gasteiger partial charge on any atom is -0.369 e. The maximum absolute atomic E-state index is 12.2. The van der Waals surface area contributed by atoms with Gasteiger partial charge in [0.2, 0.25) is 5.91 Å². The summed E-state index contributed by atoms with van der Waals surface area (Å²) in [5, 5.41) is 5.61. The molecule has 1 fully saturated rings. The monoisotopic (exact) mass is 347 g/mol. The highest BCUT2D eigenvalue weighted by atomic mass is 16.2. The molecule has 7 nitrogen and oxygen atoms in total. The van der Waals surface area contributed by atoms with Crippen LogP contribution in [0.1, 0.15) is 20.8 Å². The zero-order valence-corrected chi connectivity index (χ0v) is 15.3. The third-order valence-corrected chi connectivity index (χ3v) is 4.67. The molecule has 138 valence electrons. The summed E-state index contributed by atoms with van der Waals surface area (Å²) < 4.78 is 0. The van der Waals surface area contributed by atoms with Crippen LogP contribution in [0.25, 0.3) is 0 Å². The van der Waals surface area contributed by atoms with Crippen LogP contribution in [0.15, 0.2) is 24.3 Å². The van der Waals surface area contributed by atoms with Crippen LogP contribution in [0.4, 0.5) is 16.2 Å². The molecule has 0 unspecified atom stereocenters. The number of piperazine rings is 1. The third-order valence-electron chi connectivity index (χ3n) is 4.67. The zero-order valence-electron chi connectivity index (χ0n) is 15.3. The quantitative estimate of drug-likeness (QED) is 0.727. The summed E-state index contributed by atoms with van der Waals surface area (Å²) in [6.45, 7) is 10.7. The lowest BCUT2D eigenvalue weighted by molar-refractivity contribution is -0.125. The van der Waals surface area contributed by atoms with Gasteiger partial charge in [0.25, 0.3) is 0 Å². The Hall–Kier alpha value is -2.28. The highest BCUT2D eigenvalue weighted by molar-refractivity contribution is 5.93. The largest absolute Gasteiger partial charge is 0.369 e. The molecule has 0 radical (unpaired) electrons. The molecule has 0 saturated carbocycles. The fourth-order valence-electron chi connectivity index (χ4n) is 2.71. The van der Waals surface area contributed by atoms with Crippen molar-refractivity contribution >= 4 is 23.3 Å². The number of anilines is 2. The Kier molecular flexibility index (Phi) is 6.25. The first-order chi connectivity index (χ1) is 11.8. The Morgan fingerprint density at radius 2 is 1.80 bits per heavy atom. The molecule has 0 aromatic heterocycles. The van der Waals surface area contributed by atoms with E-state index in [1.165, 1.54) is 0 Å². The number of hydrogen-bond acceptors (Lipinski definition) is 4. The third kappa shape index (κ3) is 5.09. The summed E-state index contributed by atoms with van der Waals surface area (Å²) in [5.41, 5.74) is 6.33. The van der Waals surface area contributed by atoms with Gasteiger partial charge in [0.1, 0.15) is 0 Å². The fraction of sp³-hybridized carbons (Fsp3) is 0.556. The van der Waals surface area contributed by atoms with Crippen molar-refractivity contribution in [3.63, 3.8) is 0 Å². The first kappa shape index (κ1) is 19.1. The Morgan fingerprint density at radius 3 is 2.40 bits per heavy atom. The van der Waals surface area contributed by atoms with E-state index in [4.69, 9.17) is 5.73 Å². The number of benzene rings is 1. The van der Waals surface area contributed by atoms with Gasteiger partial charge in [0.05, 0.1) is 16.8 Å². The average Bonchev–Trinajstić information content (AvgIpc) is 2.60. The molecular weight excluding hydrogens is 318 g/mol. The maximum atomic E-state index is 12.2. The van der Waals surface area contributed by atoms with Gasteiger partial charge in [-0.05, 0) is 32.5 Å². The van der Waals surface area contributed by atoms with Gasteiger partial charge in [-0.3, -0.25) is 4.79 Å². The topological polar surface area (TPSA) is 90.7 Å². The molecule has 3 amide bonds. The minimum absolute atomic E-state index is 0.186. The fourth-order valence-corrected chi connectivity index (χ4v) is 2.71. The van der Waals surface area contributed by atoms with Gasteiger partial charge in [-0.25, -0.2) is 4.79 Å². The van der Waals surface area contributed by atoms with Crippen molar-refractivity contribution in [1.82, 2.24) is 10.2 Å². The van der Waals surface area contributed by atoms with Crippen LogP contribution in [0, 0.1) is 5.41 Å². The van der Waals surface area contributed by atoms with Crippen LogP contribution in [0.3, 0.4) is 0 Å². The second kappa shape index (κ2) is 8.20. The van der Waals surface area contributed by atoms with E-state index in [0.29, 0.717) is 0 Å². The molecule has 7 heteroatoms. The molecule has 1 aromatic rings. The number of hydrogen-bond donors (Lipinski definition) is 3. The zero-order chi connectivity index (χ0) is 18.4. The minimum atomic E-state index is -0.784. The van der Waals surface area contributed by atoms with Crippen molar-refractivity contribution in [1.29, 1.82) is 0 Å². The van der Waals surface area contributed by atoms with E-state index in [1.807, 2.05) is 24.3 Å². The molecule has 1 heterocycles. The number of nitrogens with zero attached hydrogens (tertiary/aromatic N) is 2. The van der Waals surface area contributed by atoms with Crippen molar-refractivity contribution in [3.8, 4) is 0 Å². The van der Waals surface area contributed by atoms with Gasteiger partial charge < -0.3 is 26.2 Å². The lowest BCUT2D eigenvalue weighted by Crippen LogP contribution is -2.46. The van der Waals surface area contributed by atoms with Crippen molar-refractivity contribution in [2.24, 2.45) is 11.1 Å². The summed E-state index contributed by atoms with van der Waals surface area (Å²) in [4.78, 5) is 28.3. The first-order valence-electron chi connectivity index (χ1n) is 8.74. The van der Waals surface area contributed by atoms with E-state index in [0.717, 1.165) is 44.1 Å². The molecule has 1 aliphatic rings. The summed E-state index contributed by atoms with van der Waals surface area (Å²) in [5.74, 6) is -0.443. The molecule has 1 aliphatic heterocycles. The molecule has 1 aromatic carbocycles. The normalized spacial score (nSPS) is 15.7. The van der Waals surface area contributed by atoms with E-state index >= 15 is 0 Å². The first-order valence-corrected chi connectivity index (χ1v) is 8.74. The van der Waals surface area contributed by atoms with E-state index < -0.39 is 11.3 Å². The second-order valence-corrected chi connectivity index (χ2v) is 6.99. The molecule has 1 saturated heterocycles. The number of amides is 3. The highest BCUT2D eigenvalue weighted by Gasteiger charge is 2.25. The van der Waals surface area contributed by atoms with Gasteiger partial charge in [0.15, 0.2) is 0 Å². The van der Waals surface area contributed by atoms with E-state index in [9.17, 15) is 9.59 Å². The molecule has 2 rings (SSSR count). The van der Waals surface area contributed by atoms with Crippen LogP contribution in [-0.2, 0) is 4.79 Å².